The number of halogens is 2. The van der Waals surface area contributed by atoms with E-state index in [0.29, 0.717) is 6.42 Å². The van der Waals surface area contributed by atoms with Crippen molar-refractivity contribution >= 4 is 39.1 Å². The first-order valence-corrected chi connectivity index (χ1v) is 14.4. The van der Waals surface area contributed by atoms with Gasteiger partial charge in [-0.1, -0.05) is 66.6 Å². The number of nitrogens with one attached hydrogen (secondary N) is 1. The Morgan fingerprint density at radius 2 is 1.64 bits per heavy atom. The summed E-state index contributed by atoms with van der Waals surface area (Å²) in [4.78, 5) is 28.4. The van der Waals surface area contributed by atoms with Gasteiger partial charge in [0.05, 0.1) is 15.6 Å². The zero-order valence-corrected chi connectivity index (χ0v) is 24.0. The third-order valence-electron chi connectivity index (χ3n) is 6.09. The van der Waals surface area contributed by atoms with Crippen LogP contribution in [0.5, 0.6) is 0 Å². The second-order valence-electron chi connectivity index (χ2n) is 9.52. The van der Waals surface area contributed by atoms with E-state index in [1.165, 1.54) is 23.1 Å². The molecule has 0 saturated heterocycles. The van der Waals surface area contributed by atoms with Gasteiger partial charge in [0, 0.05) is 12.6 Å². The highest BCUT2D eigenvalue weighted by Crippen LogP contribution is 2.28. The Morgan fingerprint density at radius 1 is 1.00 bits per heavy atom. The molecule has 0 fully saturated rings. The molecular weight excluding hydrogens is 541 g/mol. The number of benzene rings is 3. The number of rotatable bonds is 11. The van der Waals surface area contributed by atoms with Crippen LogP contribution < -0.4 is 9.62 Å². The van der Waals surface area contributed by atoms with Gasteiger partial charge >= 0.3 is 0 Å². The molecule has 3 aromatic rings. The van der Waals surface area contributed by atoms with Crippen LogP contribution in [0.3, 0.4) is 0 Å². The van der Waals surface area contributed by atoms with Crippen molar-refractivity contribution < 1.29 is 22.4 Å². The van der Waals surface area contributed by atoms with Crippen LogP contribution in [0.15, 0.2) is 77.7 Å². The zero-order valence-electron chi connectivity index (χ0n) is 22.4. The Kier molecular flexibility index (Phi) is 10.1. The summed E-state index contributed by atoms with van der Waals surface area (Å²) >= 11 is 5.99. The lowest BCUT2D eigenvalue weighted by molar-refractivity contribution is -0.140. The number of amides is 2. The molecule has 0 aliphatic heterocycles. The maximum absolute atomic E-state index is 14.0. The third kappa shape index (κ3) is 7.58. The quantitative estimate of drug-likeness (QED) is 0.337. The molecule has 0 unspecified atom stereocenters. The van der Waals surface area contributed by atoms with Crippen molar-refractivity contribution in [2.24, 2.45) is 0 Å². The van der Waals surface area contributed by atoms with E-state index in [9.17, 15) is 22.4 Å². The van der Waals surface area contributed by atoms with Gasteiger partial charge in [-0.25, -0.2) is 12.8 Å². The normalized spacial score (nSPS) is 12.2. The summed E-state index contributed by atoms with van der Waals surface area (Å²) in [6.07, 6.45) is 0.309. The van der Waals surface area contributed by atoms with Gasteiger partial charge in [-0.05, 0) is 63.1 Å². The van der Waals surface area contributed by atoms with Crippen LogP contribution >= 0.6 is 11.6 Å². The maximum Gasteiger partial charge on any atom is 0.264 e. The predicted molar refractivity (Wildman–Crippen MR) is 151 cm³/mol. The molecule has 3 rings (SSSR count). The van der Waals surface area contributed by atoms with Gasteiger partial charge < -0.3 is 10.2 Å². The van der Waals surface area contributed by atoms with E-state index < -0.39 is 34.3 Å². The van der Waals surface area contributed by atoms with Crippen LogP contribution in [-0.2, 0) is 26.2 Å². The average Bonchev–Trinajstić information content (AvgIpc) is 2.90. The Hall–Kier alpha value is -3.43. The minimum Gasteiger partial charge on any atom is -0.352 e. The molecule has 0 aromatic heterocycles. The number of anilines is 1. The van der Waals surface area contributed by atoms with Gasteiger partial charge in [-0.2, -0.15) is 0 Å². The Bertz CT molecular complexity index is 1400. The number of aryl methyl sites for hydroxylation is 1. The van der Waals surface area contributed by atoms with Crippen molar-refractivity contribution in [3.05, 3.63) is 94.8 Å². The summed E-state index contributed by atoms with van der Waals surface area (Å²) in [6, 6.07) is 17.6. The number of carbonyl (C=O) groups is 2. The van der Waals surface area contributed by atoms with Crippen molar-refractivity contribution in [1.29, 1.82) is 0 Å². The van der Waals surface area contributed by atoms with Crippen LogP contribution in [0.4, 0.5) is 10.1 Å². The first-order chi connectivity index (χ1) is 18.4. The van der Waals surface area contributed by atoms with Crippen molar-refractivity contribution in [2.45, 2.75) is 57.6 Å². The van der Waals surface area contributed by atoms with Gasteiger partial charge in [-0.3, -0.25) is 13.9 Å². The lowest BCUT2D eigenvalue weighted by Crippen LogP contribution is -2.53. The molecule has 7 nitrogen and oxygen atoms in total. The zero-order chi connectivity index (χ0) is 28.7. The fourth-order valence-corrected chi connectivity index (χ4v) is 5.68. The molecule has 1 N–H and O–H groups in total. The standard InChI is InChI=1S/C29H33ClFN3O4S/c1-5-27(29(36)32-20(2)3)33(18-22-13-11-21(4)12-14-22)28(35)19-34(23-15-16-26(31)25(30)17-23)39(37,38)24-9-7-6-8-10-24/h6-17,20,27H,5,18-19H2,1-4H3,(H,32,36)/t27-/m1/s1. The molecule has 208 valence electrons. The molecule has 1 atom stereocenters. The van der Waals surface area contributed by atoms with Crippen LogP contribution in [0.2, 0.25) is 5.02 Å². The molecule has 0 spiro atoms. The number of hydrogen-bond donors (Lipinski definition) is 1. The second kappa shape index (κ2) is 13.1. The number of hydrogen-bond acceptors (Lipinski definition) is 4. The lowest BCUT2D eigenvalue weighted by Gasteiger charge is -2.33. The van der Waals surface area contributed by atoms with Gasteiger partial charge in [-0.15, -0.1) is 0 Å². The Morgan fingerprint density at radius 3 is 2.21 bits per heavy atom. The van der Waals surface area contributed by atoms with E-state index in [4.69, 9.17) is 11.6 Å². The summed E-state index contributed by atoms with van der Waals surface area (Å²) in [5.41, 5.74) is 1.84. The first-order valence-electron chi connectivity index (χ1n) is 12.6. The molecule has 0 aliphatic carbocycles. The Balaban J connectivity index is 2.07. The van der Waals surface area contributed by atoms with Crippen LogP contribution in [0.1, 0.15) is 38.3 Å². The minimum absolute atomic E-state index is 0.0218. The average molecular weight is 574 g/mol. The summed E-state index contributed by atoms with van der Waals surface area (Å²) in [5.74, 6) is -1.65. The molecule has 0 heterocycles. The number of nitrogens with zero attached hydrogens (tertiary/aromatic N) is 2. The fraction of sp³-hybridized carbons (Fsp3) is 0.310. The minimum atomic E-state index is -4.26. The van der Waals surface area contributed by atoms with Gasteiger partial charge in [0.25, 0.3) is 10.0 Å². The molecule has 0 aliphatic rings. The molecule has 0 radical (unpaired) electrons. The van der Waals surface area contributed by atoms with Crippen LogP contribution in [-0.4, -0.2) is 43.8 Å². The van der Waals surface area contributed by atoms with Crippen molar-refractivity contribution in [1.82, 2.24) is 10.2 Å². The van der Waals surface area contributed by atoms with Crippen molar-refractivity contribution in [3.63, 3.8) is 0 Å². The molecule has 0 bridgehead atoms. The number of sulfonamides is 1. The highest BCUT2D eigenvalue weighted by Gasteiger charge is 2.34. The third-order valence-corrected chi connectivity index (χ3v) is 8.17. The molecular formula is C29H33ClFN3O4S. The van der Waals surface area contributed by atoms with Gasteiger partial charge in [0.2, 0.25) is 11.8 Å². The van der Waals surface area contributed by atoms with E-state index in [1.54, 1.807) is 25.1 Å². The summed E-state index contributed by atoms with van der Waals surface area (Å²) in [6.45, 7) is 6.84. The first kappa shape index (κ1) is 30.1. The second-order valence-corrected chi connectivity index (χ2v) is 11.8. The molecule has 3 aromatic carbocycles. The molecule has 0 saturated carbocycles. The van der Waals surface area contributed by atoms with Gasteiger partial charge in [0.15, 0.2) is 0 Å². The van der Waals surface area contributed by atoms with E-state index in [-0.39, 0.29) is 34.1 Å². The van der Waals surface area contributed by atoms with E-state index in [0.717, 1.165) is 27.6 Å². The SMILES string of the molecule is CC[C@H](C(=O)NC(C)C)N(Cc1ccc(C)cc1)C(=O)CN(c1ccc(F)c(Cl)c1)S(=O)(=O)c1ccccc1. The van der Waals surface area contributed by atoms with Gasteiger partial charge in [0.1, 0.15) is 18.4 Å². The van der Waals surface area contributed by atoms with E-state index in [2.05, 4.69) is 5.32 Å². The van der Waals surface area contributed by atoms with E-state index >= 15 is 0 Å². The van der Waals surface area contributed by atoms with Crippen LogP contribution in [0, 0.1) is 12.7 Å². The highest BCUT2D eigenvalue weighted by atomic mass is 35.5. The van der Waals surface area contributed by atoms with Crippen molar-refractivity contribution in [3.8, 4) is 0 Å². The van der Waals surface area contributed by atoms with E-state index in [1.807, 2.05) is 45.0 Å². The largest absolute Gasteiger partial charge is 0.352 e. The lowest BCUT2D eigenvalue weighted by atomic mass is 10.1. The molecule has 2 amide bonds. The fourth-order valence-electron chi connectivity index (χ4n) is 4.08. The number of carbonyl (C=O) groups excluding carboxylic acids is 2. The summed E-state index contributed by atoms with van der Waals surface area (Å²) in [5, 5.41) is 2.57. The smallest absolute Gasteiger partial charge is 0.264 e. The maximum atomic E-state index is 14.0. The molecule has 39 heavy (non-hydrogen) atoms. The predicted octanol–water partition coefficient (Wildman–Crippen LogP) is 5.31. The van der Waals surface area contributed by atoms with Crippen molar-refractivity contribution in [2.75, 3.05) is 10.8 Å². The monoisotopic (exact) mass is 573 g/mol. The summed E-state index contributed by atoms with van der Waals surface area (Å²) < 4.78 is 42.3. The highest BCUT2D eigenvalue weighted by molar-refractivity contribution is 7.92. The topological polar surface area (TPSA) is 86.8 Å². The summed E-state index contributed by atoms with van der Waals surface area (Å²) in [7, 11) is -4.26. The molecule has 10 heteroatoms. The Labute approximate surface area is 234 Å². The van der Waals surface area contributed by atoms with Crippen LogP contribution in [0.25, 0.3) is 0 Å².